The Hall–Kier alpha value is -1.74. The molecule has 0 radical (unpaired) electrons. The van der Waals surface area contributed by atoms with Gasteiger partial charge in [-0.05, 0) is 44.8 Å². The van der Waals surface area contributed by atoms with E-state index in [4.69, 9.17) is 0 Å². The largest absolute Gasteiger partial charge is 0.303 e. The van der Waals surface area contributed by atoms with E-state index in [1.807, 2.05) is 19.3 Å². The molecule has 2 heterocycles. The lowest BCUT2D eigenvalue weighted by molar-refractivity contribution is 0.213. The molecule has 2 aromatic rings. The Kier molecular flexibility index (Phi) is 4.61. The van der Waals surface area contributed by atoms with Crippen molar-refractivity contribution in [3.63, 3.8) is 0 Å². The standard InChI is InChI=1S/C18H23N3/c1-15-13-19-14-18(20-15)17-8-11-21(12-9-17)10-7-16-5-3-2-4-6-16/h2-6,13-14,17H,7-12H2,1H3. The highest BCUT2D eigenvalue weighted by Gasteiger charge is 2.21. The van der Waals surface area contributed by atoms with Crippen LogP contribution in [-0.2, 0) is 6.42 Å². The van der Waals surface area contributed by atoms with E-state index < -0.39 is 0 Å². The van der Waals surface area contributed by atoms with Crippen molar-refractivity contribution >= 4 is 0 Å². The molecule has 0 spiro atoms. The molecule has 3 nitrogen and oxygen atoms in total. The Balaban J connectivity index is 1.49. The Morgan fingerprint density at radius 3 is 2.57 bits per heavy atom. The lowest BCUT2D eigenvalue weighted by Crippen LogP contribution is -2.34. The summed E-state index contributed by atoms with van der Waals surface area (Å²) in [6.45, 7) is 5.53. The third-order valence-corrected chi connectivity index (χ3v) is 4.34. The molecule has 1 saturated heterocycles. The van der Waals surface area contributed by atoms with Gasteiger partial charge in [0.05, 0.1) is 11.4 Å². The van der Waals surface area contributed by atoms with Crippen molar-refractivity contribution in [1.82, 2.24) is 14.9 Å². The second-order valence-electron chi connectivity index (χ2n) is 5.94. The molecule has 3 heteroatoms. The quantitative estimate of drug-likeness (QED) is 0.861. The molecule has 110 valence electrons. The summed E-state index contributed by atoms with van der Waals surface area (Å²) < 4.78 is 0. The minimum Gasteiger partial charge on any atom is -0.303 e. The van der Waals surface area contributed by atoms with Crippen molar-refractivity contribution in [2.45, 2.75) is 32.1 Å². The van der Waals surface area contributed by atoms with E-state index in [0.29, 0.717) is 5.92 Å². The molecule has 0 saturated carbocycles. The van der Waals surface area contributed by atoms with Crippen molar-refractivity contribution in [2.24, 2.45) is 0 Å². The number of aryl methyl sites for hydroxylation is 1. The summed E-state index contributed by atoms with van der Waals surface area (Å²) in [6.07, 6.45) is 7.32. The normalized spacial score (nSPS) is 17.0. The SMILES string of the molecule is Cc1cncc(C2CCN(CCc3ccccc3)CC2)n1. The van der Waals surface area contributed by atoms with E-state index in [-0.39, 0.29) is 0 Å². The molecule has 0 atom stereocenters. The van der Waals surface area contributed by atoms with Gasteiger partial charge in [0.25, 0.3) is 0 Å². The average Bonchev–Trinajstić information content (AvgIpc) is 2.54. The maximum Gasteiger partial charge on any atom is 0.0621 e. The Bertz CT molecular complexity index is 560. The van der Waals surface area contributed by atoms with Crippen LogP contribution in [0.3, 0.4) is 0 Å². The first kappa shape index (κ1) is 14.2. The fraction of sp³-hybridized carbons (Fsp3) is 0.444. The molecule has 0 amide bonds. The molecular formula is C18H23N3. The highest BCUT2D eigenvalue weighted by molar-refractivity contribution is 5.15. The summed E-state index contributed by atoms with van der Waals surface area (Å²) in [5, 5.41) is 0. The Labute approximate surface area is 127 Å². The molecule has 1 aliphatic heterocycles. The lowest BCUT2D eigenvalue weighted by Gasteiger charge is -2.31. The number of piperidine rings is 1. The van der Waals surface area contributed by atoms with Crippen LogP contribution >= 0.6 is 0 Å². The Morgan fingerprint density at radius 1 is 1.10 bits per heavy atom. The smallest absolute Gasteiger partial charge is 0.0621 e. The number of hydrogen-bond acceptors (Lipinski definition) is 3. The highest BCUT2D eigenvalue weighted by Crippen LogP contribution is 2.26. The summed E-state index contributed by atoms with van der Waals surface area (Å²) in [6, 6.07) is 10.8. The van der Waals surface area contributed by atoms with Gasteiger partial charge in [0.15, 0.2) is 0 Å². The van der Waals surface area contributed by atoms with Crippen LogP contribution in [0.1, 0.15) is 35.7 Å². The lowest BCUT2D eigenvalue weighted by atomic mass is 9.93. The molecular weight excluding hydrogens is 258 g/mol. The van der Waals surface area contributed by atoms with Gasteiger partial charge in [0, 0.05) is 24.9 Å². The van der Waals surface area contributed by atoms with Gasteiger partial charge in [-0.25, -0.2) is 0 Å². The van der Waals surface area contributed by atoms with Crippen molar-refractivity contribution < 1.29 is 0 Å². The fourth-order valence-corrected chi connectivity index (χ4v) is 3.06. The molecule has 1 aromatic carbocycles. The molecule has 3 rings (SSSR count). The number of rotatable bonds is 4. The molecule has 0 aliphatic carbocycles. The third-order valence-electron chi connectivity index (χ3n) is 4.34. The number of hydrogen-bond donors (Lipinski definition) is 0. The number of nitrogens with zero attached hydrogens (tertiary/aromatic N) is 3. The van der Waals surface area contributed by atoms with Crippen LogP contribution in [0.25, 0.3) is 0 Å². The molecule has 21 heavy (non-hydrogen) atoms. The Morgan fingerprint density at radius 2 is 1.86 bits per heavy atom. The first-order chi connectivity index (χ1) is 10.3. The van der Waals surface area contributed by atoms with Gasteiger partial charge in [-0.15, -0.1) is 0 Å². The third kappa shape index (κ3) is 3.88. The van der Waals surface area contributed by atoms with Crippen LogP contribution in [0.4, 0.5) is 0 Å². The zero-order valence-electron chi connectivity index (χ0n) is 12.7. The van der Waals surface area contributed by atoms with E-state index in [1.165, 1.54) is 37.2 Å². The van der Waals surface area contributed by atoms with Gasteiger partial charge < -0.3 is 4.90 Å². The van der Waals surface area contributed by atoms with Crippen molar-refractivity contribution in [3.05, 3.63) is 59.7 Å². The van der Waals surface area contributed by atoms with Crippen LogP contribution in [0.2, 0.25) is 0 Å². The summed E-state index contributed by atoms with van der Waals surface area (Å²) in [5.74, 6) is 0.588. The molecule has 1 aromatic heterocycles. The fourth-order valence-electron chi connectivity index (χ4n) is 3.06. The maximum atomic E-state index is 4.63. The van der Waals surface area contributed by atoms with Gasteiger partial charge >= 0.3 is 0 Å². The summed E-state index contributed by atoms with van der Waals surface area (Å²) in [5.41, 5.74) is 3.64. The average molecular weight is 281 g/mol. The van der Waals surface area contributed by atoms with Gasteiger partial charge in [-0.3, -0.25) is 9.97 Å². The first-order valence-corrected chi connectivity index (χ1v) is 7.86. The van der Waals surface area contributed by atoms with Gasteiger partial charge in [-0.2, -0.15) is 0 Å². The molecule has 0 N–H and O–H groups in total. The summed E-state index contributed by atoms with van der Waals surface area (Å²) in [4.78, 5) is 11.5. The van der Waals surface area contributed by atoms with Crippen LogP contribution in [0.15, 0.2) is 42.7 Å². The predicted octanol–water partition coefficient (Wildman–Crippen LogP) is 3.21. The molecule has 1 aliphatic rings. The van der Waals surface area contributed by atoms with Crippen LogP contribution < -0.4 is 0 Å². The number of aromatic nitrogens is 2. The topological polar surface area (TPSA) is 29.0 Å². The number of likely N-dealkylation sites (tertiary alicyclic amines) is 1. The van der Waals surface area contributed by atoms with Gasteiger partial charge in [0.2, 0.25) is 0 Å². The molecule has 1 fully saturated rings. The summed E-state index contributed by atoms with van der Waals surface area (Å²) in [7, 11) is 0. The molecule has 0 bridgehead atoms. The van der Waals surface area contributed by atoms with Crippen LogP contribution in [0.5, 0.6) is 0 Å². The summed E-state index contributed by atoms with van der Waals surface area (Å²) >= 11 is 0. The van der Waals surface area contributed by atoms with E-state index in [1.54, 1.807) is 0 Å². The minimum absolute atomic E-state index is 0.588. The minimum atomic E-state index is 0.588. The van der Waals surface area contributed by atoms with Gasteiger partial charge in [0.1, 0.15) is 0 Å². The van der Waals surface area contributed by atoms with Crippen molar-refractivity contribution in [2.75, 3.05) is 19.6 Å². The molecule has 0 unspecified atom stereocenters. The van der Waals surface area contributed by atoms with Crippen molar-refractivity contribution in [1.29, 1.82) is 0 Å². The predicted molar refractivity (Wildman–Crippen MR) is 85.3 cm³/mol. The van der Waals surface area contributed by atoms with Gasteiger partial charge in [-0.1, -0.05) is 30.3 Å². The van der Waals surface area contributed by atoms with E-state index >= 15 is 0 Å². The van der Waals surface area contributed by atoms with E-state index in [2.05, 4.69) is 45.2 Å². The second-order valence-corrected chi connectivity index (χ2v) is 5.94. The monoisotopic (exact) mass is 281 g/mol. The van der Waals surface area contributed by atoms with E-state index in [0.717, 1.165) is 18.7 Å². The second kappa shape index (κ2) is 6.81. The zero-order valence-corrected chi connectivity index (χ0v) is 12.7. The first-order valence-electron chi connectivity index (χ1n) is 7.86. The van der Waals surface area contributed by atoms with Crippen LogP contribution in [-0.4, -0.2) is 34.5 Å². The maximum absolute atomic E-state index is 4.63. The highest BCUT2D eigenvalue weighted by atomic mass is 15.1. The number of benzene rings is 1. The zero-order chi connectivity index (χ0) is 14.5. The van der Waals surface area contributed by atoms with Crippen molar-refractivity contribution in [3.8, 4) is 0 Å². The van der Waals surface area contributed by atoms with Crippen LogP contribution in [0, 0.1) is 6.92 Å². The van der Waals surface area contributed by atoms with E-state index in [9.17, 15) is 0 Å².